The summed E-state index contributed by atoms with van der Waals surface area (Å²) in [5, 5.41) is 20.2. The third kappa shape index (κ3) is 2.46. The van der Waals surface area contributed by atoms with Crippen LogP contribution in [0.3, 0.4) is 0 Å². The van der Waals surface area contributed by atoms with E-state index in [1.807, 2.05) is 0 Å². The topological polar surface area (TPSA) is 79.9 Å². The second kappa shape index (κ2) is 5.27. The summed E-state index contributed by atoms with van der Waals surface area (Å²) in [5.41, 5.74) is 0.0979. The molecule has 0 amide bonds. The minimum Gasteiger partial charge on any atom is -0.508 e. The van der Waals surface area contributed by atoms with Gasteiger partial charge in [-0.05, 0) is 31.2 Å². The van der Waals surface area contributed by atoms with Crippen molar-refractivity contribution in [3.8, 4) is 23.0 Å². The van der Waals surface area contributed by atoms with E-state index < -0.39 is 5.63 Å². The maximum atomic E-state index is 12.1. The molecular formula is C16H11ClO5. The van der Waals surface area contributed by atoms with Gasteiger partial charge < -0.3 is 19.4 Å². The fraction of sp³-hybridized carbons (Fsp3) is 0.0625. The SMILES string of the molecule is Cc1c(Oc2ccc(Cl)cc2O)c(=O)oc2cc(O)ccc12. The van der Waals surface area contributed by atoms with Gasteiger partial charge in [-0.15, -0.1) is 0 Å². The monoisotopic (exact) mass is 318 g/mol. The molecule has 0 bridgehead atoms. The van der Waals surface area contributed by atoms with Crippen LogP contribution in [0, 0.1) is 6.92 Å². The summed E-state index contributed by atoms with van der Waals surface area (Å²) in [7, 11) is 0. The third-order valence-electron chi connectivity index (χ3n) is 3.23. The van der Waals surface area contributed by atoms with Gasteiger partial charge in [-0.1, -0.05) is 11.6 Å². The van der Waals surface area contributed by atoms with Crippen molar-refractivity contribution in [1.82, 2.24) is 0 Å². The molecule has 0 saturated carbocycles. The van der Waals surface area contributed by atoms with Crippen molar-refractivity contribution in [1.29, 1.82) is 0 Å². The molecule has 0 saturated heterocycles. The van der Waals surface area contributed by atoms with Crippen LogP contribution in [0.1, 0.15) is 5.56 Å². The summed E-state index contributed by atoms with van der Waals surface area (Å²) in [6, 6.07) is 8.76. The van der Waals surface area contributed by atoms with Crippen molar-refractivity contribution in [2.24, 2.45) is 0 Å². The van der Waals surface area contributed by atoms with E-state index in [1.165, 1.54) is 30.3 Å². The first kappa shape index (κ1) is 14.3. The molecule has 0 aliphatic rings. The summed E-state index contributed by atoms with van der Waals surface area (Å²) in [6.07, 6.45) is 0. The highest BCUT2D eigenvalue weighted by Crippen LogP contribution is 2.34. The largest absolute Gasteiger partial charge is 0.508 e. The van der Waals surface area contributed by atoms with Crippen molar-refractivity contribution < 1.29 is 19.4 Å². The molecule has 0 aliphatic carbocycles. The van der Waals surface area contributed by atoms with Crippen LogP contribution in [0.25, 0.3) is 11.0 Å². The third-order valence-corrected chi connectivity index (χ3v) is 3.47. The molecule has 2 aromatic carbocycles. The number of benzene rings is 2. The number of aryl methyl sites for hydroxylation is 1. The Balaban J connectivity index is 2.15. The van der Waals surface area contributed by atoms with Crippen LogP contribution in [-0.4, -0.2) is 10.2 Å². The number of rotatable bonds is 2. The number of phenolic OH excluding ortho intramolecular Hbond substituents is 2. The molecule has 0 radical (unpaired) electrons. The molecule has 6 heteroatoms. The van der Waals surface area contributed by atoms with Crippen LogP contribution in [0.15, 0.2) is 45.6 Å². The highest BCUT2D eigenvalue weighted by Gasteiger charge is 2.15. The van der Waals surface area contributed by atoms with E-state index in [0.29, 0.717) is 16.0 Å². The summed E-state index contributed by atoms with van der Waals surface area (Å²) >= 11 is 5.76. The smallest absolute Gasteiger partial charge is 0.379 e. The fourth-order valence-electron chi connectivity index (χ4n) is 2.13. The van der Waals surface area contributed by atoms with Crippen molar-refractivity contribution in [3.05, 3.63) is 57.4 Å². The quantitative estimate of drug-likeness (QED) is 0.699. The average molecular weight is 319 g/mol. The Bertz CT molecular complexity index is 930. The molecule has 1 heterocycles. The Morgan fingerprint density at radius 2 is 1.91 bits per heavy atom. The molecule has 1 aromatic heterocycles. The Hall–Kier alpha value is -2.66. The zero-order valence-electron chi connectivity index (χ0n) is 11.5. The van der Waals surface area contributed by atoms with Gasteiger partial charge in [0.25, 0.3) is 0 Å². The van der Waals surface area contributed by atoms with Gasteiger partial charge in [0, 0.05) is 28.1 Å². The fourth-order valence-corrected chi connectivity index (χ4v) is 2.30. The molecule has 0 aliphatic heterocycles. The standard InChI is InChI=1S/C16H11ClO5/c1-8-11-4-3-10(18)7-14(11)22-16(20)15(8)21-13-5-2-9(17)6-12(13)19/h2-7,18-19H,1H3. The van der Waals surface area contributed by atoms with Gasteiger partial charge in [-0.2, -0.15) is 0 Å². The van der Waals surface area contributed by atoms with Crippen LogP contribution in [-0.2, 0) is 0 Å². The van der Waals surface area contributed by atoms with E-state index in [9.17, 15) is 15.0 Å². The molecule has 112 valence electrons. The Kier molecular flexibility index (Phi) is 3.42. The normalized spacial score (nSPS) is 10.8. The molecule has 3 aromatic rings. The Labute approximate surface area is 130 Å². The molecule has 0 fully saturated rings. The van der Waals surface area contributed by atoms with Crippen LogP contribution < -0.4 is 10.4 Å². The van der Waals surface area contributed by atoms with E-state index in [1.54, 1.807) is 13.0 Å². The van der Waals surface area contributed by atoms with Crippen molar-refractivity contribution in [2.75, 3.05) is 0 Å². The van der Waals surface area contributed by atoms with Gasteiger partial charge in [0.1, 0.15) is 11.3 Å². The number of phenols is 2. The summed E-state index contributed by atoms with van der Waals surface area (Å²) in [4.78, 5) is 12.1. The molecule has 2 N–H and O–H groups in total. The number of ether oxygens (including phenoxy) is 1. The Morgan fingerprint density at radius 1 is 1.14 bits per heavy atom. The van der Waals surface area contributed by atoms with Crippen molar-refractivity contribution >= 4 is 22.6 Å². The predicted octanol–water partition coefficient (Wildman–Crippen LogP) is 3.96. The number of hydrogen-bond acceptors (Lipinski definition) is 5. The molecule has 0 unspecified atom stereocenters. The van der Waals surface area contributed by atoms with Crippen LogP contribution in [0.2, 0.25) is 5.02 Å². The van der Waals surface area contributed by atoms with E-state index in [-0.39, 0.29) is 28.6 Å². The zero-order valence-corrected chi connectivity index (χ0v) is 12.2. The van der Waals surface area contributed by atoms with Gasteiger partial charge in [-0.25, -0.2) is 4.79 Å². The average Bonchev–Trinajstić information content (AvgIpc) is 2.45. The Morgan fingerprint density at radius 3 is 2.64 bits per heavy atom. The number of fused-ring (bicyclic) bond motifs is 1. The van der Waals surface area contributed by atoms with Crippen LogP contribution in [0.4, 0.5) is 0 Å². The highest BCUT2D eigenvalue weighted by molar-refractivity contribution is 6.30. The summed E-state index contributed by atoms with van der Waals surface area (Å²) < 4.78 is 10.6. The van der Waals surface area contributed by atoms with Crippen LogP contribution in [0.5, 0.6) is 23.0 Å². The van der Waals surface area contributed by atoms with E-state index in [0.717, 1.165) is 0 Å². The maximum Gasteiger partial charge on any atom is 0.379 e. The lowest BCUT2D eigenvalue weighted by Crippen LogP contribution is -2.06. The highest BCUT2D eigenvalue weighted by atomic mass is 35.5. The van der Waals surface area contributed by atoms with Crippen LogP contribution >= 0.6 is 11.6 Å². The van der Waals surface area contributed by atoms with E-state index in [2.05, 4.69) is 0 Å². The minimum absolute atomic E-state index is 0.000867. The molecule has 0 spiro atoms. The maximum absolute atomic E-state index is 12.1. The lowest BCUT2D eigenvalue weighted by Gasteiger charge is -2.10. The minimum atomic E-state index is -0.704. The first-order valence-electron chi connectivity index (χ1n) is 6.38. The number of halogens is 1. The van der Waals surface area contributed by atoms with Gasteiger partial charge in [0.15, 0.2) is 11.5 Å². The summed E-state index contributed by atoms with van der Waals surface area (Å²) in [6.45, 7) is 1.69. The lowest BCUT2D eigenvalue weighted by atomic mass is 10.1. The molecular weight excluding hydrogens is 308 g/mol. The van der Waals surface area contributed by atoms with Gasteiger partial charge in [0.2, 0.25) is 5.75 Å². The predicted molar refractivity (Wildman–Crippen MR) is 82.1 cm³/mol. The number of aromatic hydroxyl groups is 2. The van der Waals surface area contributed by atoms with Gasteiger partial charge in [0.05, 0.1) is 0 Å². The second-order valence-electron chi connectivity index (χ2n) is 4.74. The van der Waals surface area contributed by atoms with E-state index >= 15 is 0 Å². The summed E-state index contributed by atoms with van der Waals surface area (Å²) in [5.74, 6) is -0.120. The van der Waals surface area contributed by atoms with Crippen molar-refractivity contribution in [2.45, 2.75) is 6.92 Å². The second-order valence-corrected chi connectivity index (χ2v) is 5.17. The lowest BCUT2D eigenvalue weighted by molar-refractivity contribution is 0.393. The zero-order chi connectivity index (χ0) is 15.9. The molecule has 5 nitrogen and oxygen atoms in total. The first-order chi connectivity index (χ1) is 10.5. The first-order valence-corrected chi connectivity index (χ1v) is 6.76. The van der Waals surface area contributed by atoms with Gasteiger partial charge >= 0.3 is 5.63 Å². The number of hydrogen-bond donors (Lipinski definition) is 2. The molecule has 22 heavy (non-hydrogen) atoms. The van der Waals surface area contributed by atoms with E-state index in [4.69, 9.17) is 20.8 Å². The van der Waals surface area contributed by atoms with Crippen molar-refractivity contribution in [3.63, 3.8) is 0 Å². The molecule has 0 atom stereocenters. The van der Waals surface area contributed by atoms with Gasteiger partial charge in [-0.3, -0.25) is 0 Å². The molecule has 3 rings (SSSR count).